The maximum absolute atomic E-state index is 12.9. The van der Waals surface area contributed by atoms with Crippen LogP contribution in [0.4, 0.5) is 4.39 Å². The SMILES string of the molecule is Fc1ccc(Oc2ccc(CCl)cc2Br)c(Cl)c1. The Balaban J connectivity index is 2.28. The van der Waals surface area contributed by atoms with E-state index in [2.05, 4.69) is 15.9 Å². The van der Waals surface area contributed by atoms with Crippen LogP contribution in [0.15, 0.2) is 40.9 Å². The van der Waals surface area contributed by atoms with Gasteiger partial charge in [-0.3, -0.25) is 0 Å². The van der Waals surface area contributed by atoms with E-state index >= 15 is 0 Å². The fraction of sp³-hybridized carbons (Fsp3) is 0.0769. The molecule has 0 saturated carbocycles. The summed E-state index contributed by atoms with van der Waals surface area (Å²) in [6, 6.07) is 9.48. The molecule has 0 aliphatic carbocycles. The number of rotatable bonds is 3. The number of alkyl halides is 1. The van der Waals surface area contributed by atoms with Crippen LogP contribution in [0.25, 0.3) is 0 Å². The Bertz CT molecular complexity index is 575. The summed E-state index contributed by atoms with van der Waals surface area (Å²) in [7, 11) is 0. The molecule has 0 N–H and O–H groups in total. The van der Waals surface area contributed by atoms with E-state index in [9.17, 15) is 4.39 Å². The highest BCUT2D eigenvalue weighted by Crippen LogP contribution is 2.34. The maximum Gasteiger partial charge on any atom is 0.146 e. The van der Waals surface area contributed by atoms with E-state index in [0.717, 1.165) is 10.0 Å². The van der Waals surface area contributed by atoms with Crippen molar-refractivity contribution in [2.75, 3.05) is 0 Å². The average Bonchev–Trinajstić information content (AvgIpc) is 2.34. The minimum Gasteiger partial charge on any atom is -0.455 e. The van der Waals surface area contributed by atoms with Gasteiger partial charge in [-0.1, -0.05) is 17.7 Å². The van der Waals surface area contributed by atoms with Crippen molar-refractivity contribution in [3.05, 3.63) is 57.3 Å². The van der Waals surface area contributed by atoms with Gasteiger partial charge in [0.1, 0.15) is 17.3 Å². The van der Waals surface area contributed by atoms with Gasteiger partial charge in [0, 0.05) is 5.88 Å². The van der Waals surface area contributed by atoms with E-state index in [0.29, 0.717) is 17.4 Å². The lowest BCUT2D eigenvalue weighted by Gasteiger charge is -2.10. The van der Waals surface area contributed by atoms with Crippen molar-refractivity contribution >= 4 is 39.1 Å². The molecule has 0 radical (unpaired) electrons. The molecule has 5 heteroatoms. The first-order chi connectivity index (χ1) is 8.60. The first kappa shape index (κ1) is 13.7. The highest BCUT2D eigenvalue weighted by molar-refractivity contribution is 9.10. The van der Waals surface area contributed by atoms with Gasteiger partial charge in [0.05, 0.1) is 9.50 Å². The standard InChI is InChI=1S/C13H8BrCl2FO/c14-10-5-8(7-15)1-3-12(10)18-13-4-2-9(17)6-11(13)16/h1-6H,7H2. The molecular weight excluding hydrogens is 342 g/mol. The summed E-state index contributed by atoms with van der Waals surface area (Å²) >= 11 is 15.0. The second kappa shape index (κ2) is 5.91. The smallest absolute Gasteiger partial charge is 0.146 e. The molecule has 18 heavy (non-hydrogen) atoms. The Hall–Kier alpha value is -0.770. The topological polar surface area (TPSA) is 9.23 Å². The number of halogens is 4. The quantitative estimate of drug-likeness (QED) is 0.639. The van der Waals surface area contributed by atoms with Crippen molar-refractivity contribution in [2.24, 2.45) is 0 Å². The van der Waals surface area contributed by atoms with Gasteiger partial charge < -0.3 is 4.74 Å². The van der Waals surface area contributed by atoms with Crippen LogP contribution in [0, 0.1) is 5.82 Å². The largest absolute Gasteiger partial charge is 0.455 e. The molecule has 0 aliphatic rings. The predicted molar refractivity (Wildman–Crippen MR) is 75.2 cm³/mol. The van der Waals surface area contributed by atoms with Crippen molar-refractivity contribution in [1.82, 2.24) is 0 Å². The highest BCUT2D eigenvalue weighted by atomic mass is 79.9. The maximum atomic E-state index is 12.9. The monoisotopic (exact) mass is 348 g/mol. The summed E-state index contributed by atoms with van der Waals surface area (Å²) in [6.07, 6.45) is 0. The summed E-state index contributed by atoms with van der Waals surface area (Å²) < 4.78 is 19.3. The van der Waals surface area contributed by atoms with Crippen LogP contribution >= 0.6 is 39.1 Å². The first-order valence-corrected chi connectivity index (χ1v) is 6.78. The Kier molecular flexibility index (Phi) is 4.49. The van der Waals surface area contributed by atoms with Crippen LogP contribution in [-0.2, 0) is 5.88 Å². The Morgan fingerprint density at radius 2 is 1.83 bits per heavy atom. The zero-order valence-electron chi connectivity index (χ0n) is 9.09. The predicted octanol–water partition coefficient (Wildman–Crippen LogP) is 5.77. The van der Waals surface area contributed by atoms with Crippen LogP contribution in [0.5, 0.6) is 11.5 Å². The molecule has 2 aromatic carbocycles. The third-order valence-corrected chi connectivity index (χ3v) is 3.49. The average molecular weight is 350 g/mol. The van der Waals surface area contributed by atoms with Gasteiger partial charge in [0.2, 0.25) is 0 Å². The molecule has 0 bridgehead atoms. The number of ether oxygens (including phenoxy) is 1. The summed E-state index contributed by atoms with van der Waals surface area (Å²) in [4.78, 5) is 0. The molecule has 0 amide bonds. The molecule has 0 aliphatic heterocycles. The van der Waals surface area contributed by atoms with Gasteiger partial charge in [-0.05, 0) is 51.8 Å². The van der Waals surface area contributed by atoms with Crippen molar-refractivity contribution in [1.29, 1.82) is 0 Å². The van der Waals surface area contributed by atoms with Gasteiger partial charge in [0.25, 0.3) is 0 Å². The molecule has 0 unspecified atom stereocenters. The molecule has 0 aromatic heterocycles. The van der Waals surface area contributed by atoms with Gasteiger partial charge in [0.15, 0.2) is 0 Å². The molecule has 0 fully saturated rings. The summed E-state index contributed by atoms with van der Waals surface area (Å²) in [5.41, 5.74) is 0.973. The van der Waals surface area contributed by atoms with Crippen LogP contribution in [0.1, 0.15) is 5.56 Å². The van der Waals surface area contributed by atoms with E-state index in [1.165, 1.54) is 18.2 Å². The second-order valence-corrected chi connectivity index (χ2v) is 5.10. The zero-order chi connectivity index (χ0) is 13.1. The van der Waals surface area contributed by atoms with Crippen LogP contribution < -0.4 is 4.74 Å². The summed E-state index contributed by atoms with van der Waals surface area (Å²) in [5.74, 6) is 1.02. The van der Waals surface area contributed by atoms with Gasteiger partial charge in [-0.25, -0.2) is 4.39 Å². The van der Waals surface area contributed by atoms with Crippen molar-refractivity contribution in [3.63, 3.8) is 0 Å². The highest BCUT2D eigenvalue weighted by Gasteiger charge is 2.08. The zero-order valence-corrected chi connectivity index (χ0v) is 12.2. The van der Waals surface area contributed by atoms with E-state index in [4.69, 9.17) is 27.9 Å². The lowest BCUT2D eigenvalue weighted by Crippen LogP contribution is -1.88. The third kappa shape index (κ3) is 3.16. The minimum atomic E-state index is -0.399. The molecule has 0 atom stereocenters. The summed E-state index contributed by atoms with van der Waals surface area (Å²) in [5, 5.41) is 0.225. The van der Waals surface area contributed by atoms with Gasteiger partial charge in [-0.15, -0.1) is 11.6 Å². The normalized spacial score (nSPS) is 10.4. The Labute approximate surface area is 123 Å². The van der Waals surface area contributed by atoms with Crippen LogP contribution in [0.2, 0.25) is 5.02 Å². The Morgan fingerprint density at radius 3 is 2.44 bits per heavy atom. The van der Waals surface area contributed by atoms with E-state index in [1.54, 1.807) is 6.07 Å². The minimum absolute atomic E-state index is 0.225. The number of benzene rings is 2. The molecular formula is C13H8BrCl2FO. The number of hydrogen-bond acceptors (Lipinski definition) is 1. The molecule has 2 aromatic rings. The molecule has 1 nitrogen and oxygen atoms in total. The van der Waals surface area contributed by atoms with Crippen LogP contribution in [-0.4, -0.2) is 0 Å². The molecule has 0 heterocycles. The fourth-order valence-corrected chi connectivity index (χ4v) is 2.27. The second-order valence-electron chi connectivity index (χ2n) is 3.58. The fourth-order valence-electron chi connectivity index (χ4n) is 1.39. The van der Waals surface area contributed by atoms with Crippen LogP contribution in [0.3, 0.4) is 0 Å². The number of hydrogen-bond donors (Lipinski definition) is 0. The van der Waals surface area contributed by atoms with Gasteiger partial charge >= 0.3 is 0 Å². The molecule has 0 spiro atoms. The van der Waals surface area contributed by atoms with Crippen molar-refractivity contribution in [2.45, 2.75) is 5.88 Å². The van der Waals surface area contributed by atoms with Gasteiger partial charge in [-0.2, -0.15) is 0 Å². The van der Waals surface area contributed by atoms with E-state index in [1.807, 2.05) is 12.1 Å². The first-order valence-electron chi connectivity index (χ1n) is 5.07. The lowest BCUT2D eigenvalue weighted by molar-refractivity contribution is 0.477. The Morgan fingerprint density at radius 1 is 1.11 bits per heavy atom. The third-order valence-electron chi connectivity index (χ3n) is 2.26. The van der Waals surface area contributed by atoms with E-state index < -0.39 is 5.82 Å². The van der Waals surface area contributed by atoms with Crippen molar-refractivity contribution < 1.29 is 9.13 Å². The van der Waals surface area contributed by atoms with Crippen molar-refractivity contribution in [3.8, 4) is 11.5 Å². The van der Waals surface area contributed by atoms with E-state index in [-0.39, 0.29) is 5.02 Å². The molecule has 2 rings (SSSR count). The molecule has 0 saturated heterocycles. The summed E-state index contributed by atoms with van der Waals surface area (Å²) in [6.45, 7) is 0. The molecule has 94 valence electrons. The lowest BCUT2D eigenvalue weighted by atomic mass is 10.2.